The zero-order chi connectivity index (χ0) is 14.3. The molecule has 5 nitrogen and oxygen atoms in total. The van der Waals surface area contributed by atoms with Crippen LogP contribution >= 0.6 is 0 Å². The Hall–Kier alpha value is -2.30. The molecule has 0 heterocycles. The zero-order valence-corrected chi connectivity index (χ0v) is 9.49. The Kier molecular flexibility index (Phi) is 5.62. The summed E-state index contributed by atoms with van der Waals surface area (Å²) < 4.78 is 41.6. The van der Waals surface area contributed by atoms with Gasteiger partial charge in [0.25, 0.3) is 5.69 Å². The molecule has 0 aliphatic rings. The topological polar surface area (TPSA) is 76.2 Å². The second-order valence-electron chi connectivity index (χ2n) is 2.86. The highest BCUT2D eigenvalue weighted by atomic mass is 19.4. The smallest absolute Gasteiger partial charge is 0.420 e. The molecule has 0 aliphatic carbocycles. The SMILES string of the molecule is CC#N.COc1ccc([N+](=O)[O-])cc1C(F)(F)F. The lowest BCUT2D eigenvalue weighted by Gasteiger charge is -2.10. The normalized spacial score (nSPS) is 9.78. The molecule has 8 heteroatoms. The molecular weight excluding hydrogens is 253 g/mol. The number of benzene rings is 1. The lowest BCUT2D eigenvalue weighted by Crippen LogP contribution is -2.08. The van der Waals surface area contributed by atoms with Gasteiger partial charge in [0.15, 0.2) is 0 Å². The molecule has 0 spiro atoms. The second-order valence-corrected chi connectivity index (χ2v) is 2.86. The van der Waals surface area contributed by atoms with Crippen molar-refractivity contribution >= 4 is 5.69 Å². The molecule has 0 amide bonds. The second kappa shape index (κ2) is 6.44. The van der Waals surface area contributed by atoms with Crippen LogP contribution in [0.5, 0.6) is 5.75 Å². The number of rotatable bonds is 2. The van der Waals surface area contributed by atoms with Gasteiger partial charge in [-0.15, -0.1) is 0 Å². The molecule has 0 saturated heterocycles. The van der Waals surface area contributed by atoms with Gasteiger partial charge < -0.3 is 4.74 Å². The molecule has 18 heavy (non-hydrogen) atoms. The van der Waals surface area contributed by atoms with Crippen LogP contribution in [0, 0.1) is 21.4 Å². The maximum absolute atomic E-state index is 12.4. The Morgan fingerprint density at radius 3 is 2.28 bits per heavy atom. The highest BCUT2D eigenvalue weighted by Crippen LogP contribution is 2.37. The Bertz CT molecular complexity index is 466. The standard InChI is InChI=1S/C8H6F3NO3.C2H3N/c1-15-7-3-2-5(12(13)14)4-6(7)8(9,10)11;1-2-3/h2-4H,1H3;1H3. The summed E-state index contributed by atoms with van der Waals surface area (Å²) in [4.78, 5) is 9.38. The molecule has 0 radical (unpaired) electrons. The van der Waals surface area contributed by atoms with E-state index in [9.17, 15) is 23.3 Å². The number of nitro groups is 1. The van der Waals surface area contributed by atoms with Crippen LogP contribution in [-0.4, -0.2) is 12.0 Å². The van der Waals surface area contributed by atoms with Crippen molar-refractivity contribution in [3.63, 3.8) is 0 Å². The third-order valence-corrected chi connectivity index (χ3v) is 1.70. The molecule has 1 aromatic carbocycles. The van der Waals surface area contributed by atoms with E-state index in [1.165, 1.54) is 6.92 Å². The third kappa shape index (κ3) is 4.29. The number of hydrogen-bond donors (Lipinski definition) is 0. The van der Waals surface area contributed by atoms with Crippen LogP contribution in [0.25, 0.3) is 0 Å². The van der Waals surface area contributed by atoms with Crippen LogP contribution in [0.2, 0.25) is 0 Å². The van der Waals surface area contributed by atoms with Crippen molar-refractivity contribution in [3.05, 3.63) is 33.9 Å². The minimum atomic E-state index is -4.67. The number of non-ortho nitro benzene ring substituents is 1. The molecule has 0 N–H and O–H groups in total. The Morgan fingerprint density at radius 1 is 1.44 bits per heavy atom. The largest absolute Gasteiger partial charge is 0.496 e. The number of nitro benzene ring substituents is 1. The highest BCUT2D eigenvalue weighted by Gasteiger charge is 2.35. The van der Waals surface area contributed by atoms with E-state index in [1.54, 1.807) is 6.07 Å². The minimum absolute atomic E-state index is 0.437. The quantitative estimate of drug-likeness (QED) is 0.606. The number of alkyl halides is 3. The predicted molar refractivity (Wildman–Crippen MR) is 55.9 cm³/mol. The molecule has 1 rings (SSSR count). The first-order valence-electron chi connectivity index (χ1n) is 4.48. The van der Waals surface area contributed by atoms with Gasteiger partial charge in [0.2, 0.25) is 0 Å². The van der Waals surface area contributed by atoms with Gasteiger partial charge in [-0.05, 0) is 6.07 Å². The molecule has 0 saturated carbocycles. The van der Waals surface area contributed by atoms with Gasteiger partial charge in [-0.3, -0.25) is 10.1 Å². The van der Waals surface area contributed by atoms with Crippen molar-refractivity contribution in [2.45, 2.75) is 13.1 Å². The van der Waals surface area contributed by atoms with Gasteiger partial charge in [0.05, 0.1) is 18.1 Å². The summed E-state index contributed by atoms with van der Waals surface area (Å²) in [5.74, 6) is -0.437. The van der Waals surface area contributed by atoms with E-state index in [-0.39, 0.29) is 0 Å². The van der Waals surface area contributed by atoms with Crippen molar-refractivity contribution in [1.82, 2.24) is 0 Å². The highest BCUT2D eigenvalue weighted by molar-refractivity contribution is 5.45. The maximum Gasteiger partial charge on any atom is 0.420 e. The number of nitrogens with zero attached hydrogens (tertiary/aromatic N) is 2. The van der Waals surface area contributed by atoms with Crippen molar-refractivity contribution in [1.29, 1.82) is 5.26 Å². The summed E-state index contributed by atoms with van der Waals surface area (Å²) >= 11 is 0. The molecule has 0 atom stereocenters. The minimum Gasteiger partial charge on any atom is -0.496 e. The Labute approximate surface area is 101 Å². The summed E-state index contributed by atoms with van der Waals surface area (Å²) in [5.41, 5.74) is -1.78. The first kappa shape index (κ1) is 15.7. The van der Waals surface area contributed by atoms with Gasteiger partial charge in [-0.1, -0.05) is 0 Å². The molecule has 0 aliphatic heterocycles. The van der Waals surface area contributed by atoms with E-state index in [2.05, 4.69) is 4.74 Å². The Morgan fingerprint density at radius 2 is 1.94 bits per heavy atom. The van der Waals surface area contributed by atoms with E-state index >= 15 is 0 Å². The summed E-state index contributed by atoms with van der Waals surface area (Å²) in [6.07, 6.45) is -4.67. The maximum atomic E-state index is 12.4. The Balaban J connectivity index is 0.000000873. The first-order valence-corrected chi connectivity index (χ1v) is 4.48. The summed E-state index contributed by atoms with van der Waals surface area (Å²) in [6, 6.07) is 4.06. The fourth-order valence-electron chi connectivity index (χ4n) is 1.03. The molecule has 1 aromatic rings. The zero-order valence-electron chi connectivity index (χ0n) is 9.49. The first-order chi connectivity index (χ1) is 8.27. The molecule has 0 unspecified atom stereocenters. The van der Waals surface area contributed by atoms with Crippen LogP contribution in [0.1, 0.15) is 12.5 Å². The van der Waals surface area contributed by atoms with E-state index < -0.39 is 28.1 Å². The van der Waals surface area contributed by atoms with Gasteiger partial charge in [0, 0.05) is 19.1 Å². The van der Waals surface area contributed by atoms with E-state index in [4.69, 9.17) is 5.26 Å². The van der Waals surface area contributed by atoms with Crippen molar-refractivity contribution in [3.8, 4) is 11.8 Å². The van der Waals surface area contributed by atoms with E-state index in [0.717, 1.165) is 19.2 Å². The van der Waals surface area contributed by atoms with Crippen LogP contribution < -0.4 is 4.74 Å². The number of methoxy groups -OCH3 is 1. The molecule has 98 valence electrons. The monoisotopic (exact) mass is 262 g/mol. The lowest BCUT2D eigenvalue weighted by molar-refractivity contribution is -0.385. The summed E-state index contributed by atoms with van der Waals surface area (Å²) in [7, 11) is 1.07. The molecule has 0 fully saturated rings. The molecule has 0 bridgehead atoms. The molecular formula is C10H9F3N2O3. The predicted octanol–water partition coefficient (Wildman–Crippen LogP) is 3.15. The third-order valence-electron chi connectivity index (χ3n) is 1.70. The van der Waals surface area contributed by atoms with E-state index in [0.29, 0.717) is 6.07 Å². The van der Waals surface area contributed by atoms with Crippen LogP contribution in [-0.2, 0) is 6.18 Å². The van der Waals surface area contributed by atoms with Crippen molar-refractivity contribution in [2.75, 3.05) is 7.11 Å². The van der Waals surface area contributed by atoms with Crippen LogP contribution in [0.3, 0.4) is 0 Å². The fourth-order valence-corrected chi connectivity index (χ4v) is 1.03. The average Bonchev–Trinajstić information content (AvgIpc) is 2.28. The number of halogens is 3. The van der Waals surface area contributed by atoms with Gasteiger partial charge in [-0.2, -0.15) is 18.4 Å². The number of nitriles is 1. The van der Waals surface area contributed by atoms with E-state index in [1.807, 2.05) is 0 Å². The van der Waals surface area contributed by atoms with Gasteiger partial charge in [-0.25, -0.2) is 0 Å². The summed E-state index contributed by atoms with van der Waals surface area (Å²) in [5, 5.41) is 17.6. The average molecular weight is 262 g/mol. The lowest BCUT2D eigenvalue weighted by atomic mass is 10.1. The van der Waals surface area contributed by atoms with Crippen LogP contribution in [0.15, 0.2) is 18.2 Å². The van der Waals surface area contributed by atoms with Crippen LogP contribution in [0.4, 0.5) is 18.9 Å². The molecule has 0 aromatic heterocycles. The van der Waals surface area contributed by atoms with Gasteiger partial charge >= 0.3 is 6.18 Å². The van der Waals surface area contributed by atoms with Crippen molar-refractivity contribution < 1.29 is 22.8 Å². The summed E-state index contributed by atoms with van der Waals surface area (Å²) in [6.45, 7) is 1.43. The number of hydrogen-bond acceptors (Lipinski definition) is 4. The van der Waals surface area contributed by atoms with Gasteiger partial charge in [0.1, 0.15) is 11.3 Å². The fraction of sp³-hybridized carbons (Fsp3) is 0.300. The van der Waals surface area contributed by atoms with Crippen molar-refractivity contribution in [2.24, 2.45) is 0 Å². The number of ether oxygens (including phenoxy) is 1.